The third-order valence-electron chi connectivity index (χ3n) is 8.63. The Kier molecular flexibility index (Phi) is 4.11. The van der Waals surface area contributed by atoms with Crippen LogP contribution >= 0.6 is 0 Å². The summed E-state index contributed by atoms with van der Waals surface area (Å²) in [6.07, 6.45) is 5.76. The fourth-order valence-corrected chi connectivity index (χ4v) is 6.75. The predicted octanol–water partition coefficient (Wildman–Crippen LogP) is 3.95. The lowest BCUT2D eigenvalue weighted by atomic mass is 9.42. The normalized spacial score (nSPS) is 38.8. The molecule has 4 bridgehead atoms. The Balaban J connectivity index is 1.60. The van der Waals surface area contributed by atoms with Crippen molar-refractivity contribution >= 4 is 5.97 Å². The van der Waals surface area contributed by atoms with Crippen LogP contribution in [0.25, 0.3) is 0 Å². The maximum absolute atomic E-state index is 12.9. The summed E-state index contributed by atoms with van der Waals surface area (Å²) in [6, 6.07) is 7.47. The zero-order chi connectivity index (χ0) is 19.7. The number of rotatable bonds is 5. The highest BCUT2D eigenvalue weighted by Gasteiger charge is 2.67. The van der Waals surface area contributed by atoms with Gasteiger partial charge in [-0.25, -0.2) is 0 Å². The predicted molar refractivity (Wildman–Crippen MR) is 109 cm³/mol. The summed E-state index contributed by atoms with van der Waals surface area (Å²) in [4.78, 5) is 15.6. The first-order chi connectivity index (χ1) is 13.4. The summed E-state index contributed by atoms with van der Waals surface area (Å²) >= 11 is 0. The van der Waals surface area contributed by atoms with E-state index in [1.54, 1.807) is 7.11 Å². The molecule has 0 spiro atoms. The van der Waals surface area contributed by atoms with Gasteiger partial charge in [-0.15, -0.1) is 0 Å². The van der Waals surface area contributed by atoms with E-state index in [9.17, 15) is 4.79 Å². The van der Waals surface area contributed by atoms with Crippen LogP contribution in [0.2, 0.25) is 0 Å². The second-order valence-electron chi connectivity index (χ2n) is 9.97. The molecule has 1 aromatic rings. The monoisotopic (exact) mass is 383 g/mol. The van der Waals surface area contributed by atoms with Crippen LogP contribution in [0.1, 0.15) is 57.6 Å². The first-order valence-electron chi connectivity index (χ1n) is 11.0. The molecule has 152 valence electrons. The van der Waals surface area contributed by atoms with Crippen LogP contribution in [0.4, 0.5) is 0 Å². The fraction of sp³-hybridized carbons (Fsp3) is 0.708. The standard InChI is InChI=1S/C24H33NO3/c1-5-28-22(26)18-12-24(3)21-10-16-8-9-17(27-4)11-19(16)23(24,2)13-20(18)25(21)14-15-6-7-15/h8-9,11,15,18,20-21H,5-7,10,12-14H2,1-4H3/t18?,20?,21?,23-,24+/m0/s1. The van der Waals surface area contributed by atoms with E-state index < -0.39 is 0 Å². The van der Waals surface area contributed by atoms with Gasteiger partial charge in [-0.3, -0.25) is 9.69 Å². The quantitative estimate of drug-likeness (QED) is 0.722. The largest absolute Gasteiger partial charge is 0.497 e. The van der Waals surface area contributed by atoms with Gasteiger partial charge in [0.05, 0.1) is 19.6 Å². The Morgan fingerprint density at radius 2 is 2.04 bits per heavy atom. The summed E-state index contributed by atoms with van der Waals surface area (Å²) in [5, 5.41) is 0. The van der Waals surface area contributed by atoms with Gasteiger partial charge in [0.25, 0.3) is 0 Å². The highest BCUT2D eigenvalue weighted by atomic mass is 16.5. The summed E-state index contributed by atoms with van der Waals surface area (Å²) in [7, 11) is 1.75. The van der Waals surface area contributed by atoms with Crippen molar-refractivity contribution in [2.45, 2.75) is 70.4 Å². The topological polar surface area (TPSA) is 38.8 Å². The van der Waals surface area contributed by atoms with Crippen molar-refractivity contribution in [1.82, 2.24) is 4.90 Å². The molecule has 1 aromatic carbocycles. The van der Waals surface area contributed by atoms with Crippen molar-refractivity contribution < 1.29 is 14.3 Å². The van der Waals surface area contributed by atoms with Gasteiger partial charge in [0.15, 0.2) is 0 Å². The molecule has 6 rings (SSSR count). The van der Waals surface area contributed by atoms with Crippen LogP contribution in [0.15, 0.2) is 18.2 Å². The molecule has 2 aliphatic heterocycles. The molecule has 4 nitrogen and oxygen atoms in total. The molecule has 2 saturated carbocycles. The Hall–Kier alpha value is -1.55. The van der Waals surface area contributed by atoms with Crippen molar-refractivity contribution in [1.29, 1.82) is 0 Å². The Labute approximate surface area is 168 Å². The second kappa shape index (κ2) is 6.22. The summed E-state index contributed by atoms with van der Waals surface area (Å²) in [5.41, 5.74) is 3.07. The van der Waals surface area contributed by atoms with Gasteiger partial charge in [0, 0.05) is 24.0 Å². The first-order valence-corrected chi connectivity index (χ1v) is 11.0. The SMILES string of the molecule is CCOC(=O)C1C[C@]2(C)C3Cc4ccc(OC)cc4[C@]2(C)CC1N3CC1CC1. The van der Waals surface area contributed by atoms with Crippen LogP contribution in [-0.2, 0) is 21.4 Å². The van der Waals surface area contributed by atoms with Crippen molar-refractivity contribution in [2.75, 3.05) is 20.3 Å². The summed E-state index contributed by atoms with van der Waals surface area (Å²) < 4.78 is 11.1. The van der Waals surface area contributed by atoms with Crippen LogP contribution < -0.4 is 4.74 Å². The van der Waals surface area contributed by atoms with Gasteiger partial charge in [-0.05, 0) is 73.6 Å². The number of ether oxygens (including phenoxy) is 2. The van der Waals surface area contributed by atoms with E-state index in [-0.39, 0.29) is 22.7 Å². The second-order valence-corrected chi connectivity index (χ2v) is 9.97. The zero-order valence-corrected chi connectivity index (χ0v) is 17.7. The maximum Gasteiger partial charge on any atom is 0.310 e. The fourth-order valence-electron chi connectivity index (χ4n) is 6.75. The average molecular weight is 384 g/mol. The molecule has 2 heterocycles. The summed E-state index contributed by atoms with van der Waals surface area (Å²) in [6.45, 7) is 8.44. The number of nitrogens with zero attached hydrogens (tertiary/aromatic N) is 1. The van der Waals surface area contributed by atoms with E-state index in [1.165, 1.54) is 24.0 Å². The van der Waals surface area contributed by atoms with Gasteiger partial charge in [0.2, 0.25) is 0 Å². The molecule has 0 radical (unpaired) electrons. The molecule has 28 heavy (non-hydrogen) atoms. The van der Waals surface area contributed by atoms with Gasteiger partial charge >= 0.3 is 5.97 Å². The van der Waals surface area contributed by atoms with Gasteiger partial charge in [-0.1, -0.05) is 19.9 Å². The third-order valence-corrected chi connectivity index (χ3v) is 8.63. The van der Waals surface area contributed by atoms with Gasteiger partial charge in [0.1, 0.15) is 5.75 Å². The van der Waals surface area contributed by atoms with E-state index in [2.05, 4.69) is 36.9 Å². The molecule has 4 heteroatoms. The molecule has 5 aliphatic rings. The smallest absolute Gasteiger partial charge is 0.310 e. The van der Waals surface area contributed by atoms with E-state index in [0.717, 1.165) is 37.5 Å². The van der Waals surface area contributed by atoms with Gasteiger partial charge < -0.3 is 9.47 Å². The lowest BCUT2D eigenvalue weighted by Gasteiger charge is -2.70. The number of methoxy groups -OCH3 is 1. The van der Waals surface area contributed by atoms with E-state index >= 15 is 0 Å². The first kappa shape index (κ1) is 18.5. The molecule has 2 saturated heterocycles. The lowest BCUT2D eigenvalue weighted by molar-refractivity contribution is -0.185. The molecule has 0 aromatic heterocycles. The average Bonchev–Trinajstić information content (AvgIpc) is 3.49. The number of benzene rings is 1. The molecule has 0 N–H and O–H groups in total. The highest BCUT2D eigenvalue weighted by molar-refractivity contribution is 5.74. The molecular formula is C24H33NO3. The van der Waals surface area contributed by atoms with Crippen molar-refractivity contribution in [3.8, 4) is 5.75 Å². The zero-order valence-electron chi connectivity index (χ0n) is 17.7. The number of hydrogen-bond donors (Lipinski definition) is 0. The minimum atomic E-state index is 0.0141. The lowest BCUT2D eigenvalue weighted by Crippen LogP contribution is -2.74. The number of piperidine rings is 2. The molecule has 4 fully saturated rings. The van der Waals surface area contributed by atoms with E-state index in [0.29, 0.717) is 18.7 Å². The van der Waals surface area contributed by atoms with Crippen molar-refractivity contribution in [3.05, 3.63) is 29.3 Å². The van der Waals surface area contributed by atoms with Crippen LogP contribution in [0.3, 0.4) is 0 Å². The van der Waals surface area contributed by atoms with Crippen molar-refractivity contribution in [3.63, 3.8) is 0 Å². The molecule has 3 aliphatic carbocycles. The van der Waals surface area contributed by atoms with Crippen molar-refractivity contribution in [2.24, 2.45) is 17.3 Å². The van der Waals surface area contributed by atoms with Crippen LogP contribution in [-0.4, -0.2) is 43.2 Å². The summed E-state index contributed by atoms with van der Waals surface area (Å²) in [5.74, 6) is 1.81. The maximum atomic E-state index is 12.9. The number of carbonyl (C=O) groups is 1. The Morgan fingerprint density at radius 3 is 2.71 bits per heavy atom. The number of hydrogen-bond acceptors (Lipinski definition) is 4. The molecular weight excluding hydrogens is 350 g/mol. The van der Waals surface area contributed by atoms with E-state index in [1.807, 2.05) is 6.92 Å². The minimum Gasteiger partial charge on any atom is -0.497 e. The Bertz CT molecular complexity index is 803. The number of carbonyl (C=O) groups excluding carboxylic acids is 1. The highest BCUT2D eigenvalue weighted by Crippen LogP contribution is 2.65. The van der Waals surface area contributed by atoms with Gasteiger partial charge in [-0.2, -0.15) is 0 Å². The Morgan fingerprint density at radius 1 is 1.25 bits per heavy atom. The number of fused-ring (bicyclic) bond motifs is 2. The molecule has 5 atom stereocenters. The van der Waals surface area contributed by atoms with E-state index in [4.69, 9.17) is 9.47 Å². The molecule has 3 unspecified atom stereocenters. The number of esters is 1. The molecule has 0 amide bonds. The van der Waals surface area contributed by atoms with Crippen LogP contribution in [0.5, 0.6) is 5.75 Å². The third kappa shape index (κ3) is 2.43. The van der Waals surface area contributed by atoms with Crippen LogP contribution in [0, 0.1) is 17.3 Å². The minimum absolute atomic E-state index is 0.0141.